The maximum atomic E-state index is 13.9. The van der Waals surface area contributed by atoms with E-state index in [4.69, 9.17) is 4.74 Å². The Kier molecular flexibility index (Phi) is 4.91. The second-order valence-electron chi connectivity index (χ2n) is 8.84. The molecule has 6 rings (SSSR count). The summed E-state index contributed by atoms with van der Waals surface area (Å²) in [4.78, 5) is 18.1. The van der Waals surface area contributed by atoms with E-state index in [1.807, 2.05) is 6.07 Å². The zero-order chi connectivity index (χ0) is 22.6. The minimum absolute atomic E-state index is 0.135. The van der Waals surface area contributed by atoms with Crippen molar-refractivity contribution >= 4 is 22.8 Å². The van der Waals surface area contributed by atoms with Crippen molar-refractivity contribution < 1.29 is 17.9 Å². The molecule has 174 valence electrons. The predicted molar refractivity (Wildman–Crippen MR) is 117 cm³/mol. The number of hydrogen-bond acceptors (Lipinski definition) is 7. The molecule has 3 fully saturated rings. The van der Waals surface area contributed by atoms with E-state index in [1.54, 1.807) is 12.3 Å². The number of hydrogen-bond donors (Lipinski definition) is 3. The Morgan fingerprint density at radius 1 is 1.12 bits per heavy atom. The zero-order valence-electron chi connectivity index (χ0n) is 17.8. The molecule has 11 heteroatoms. The molecule has 3 atom stereocenters. The van der Waals surface area contributed by atoms with E-state index in [9.17, 15) is 13.2 Å². The van der Waals surface area contributed by atoms with Gasteiger partial charge < -0.3 is 25.3 Å². The van der Waals surface area contributed by atoms with Crippen LogP contribution in [0.5, 0.6) is 0 Å². The lowest BCUT2D eigenvalue weighted by Gasteiger charge is -2.27. The first-order valence-electron chi connectivity index (χ1n) is 11.2. The van der Waals surface area contributed by atoms with Crippen LogP contribution < -0.4 is 15.5 Å². The van der Waals surface area contributed by atoms with E-state index in [0.29, 0.717) is 41.8 Å². The third-order valence-corrected chi connectivity index (χ3v) is 6.94. The third kappa shape index (κ3) is 3.68. The van der Waals surface area contributed by atoms with Crippen molar-refractivity contribution in [3.8, 4) is 11.3 Å². The molecule has 3 N–H and O–H groups in total. The van der Waals surface area contributed by atoms with Crippen molar-refractivity contribution in [3.05, 3.63) is 30.1 Å². The van der Waals surface area contributed by atoms with E-state index in [-0.39, 0.29) is 17.7 Å². The number of H-pyrrole nitrogens is 1. The molecule has 0 radical (unpaired) electrons. The van der Waals surface area contributed by atoms with E-state index >= 15 is 0 Å². The fourth-order valence-electron chi connectivity index (χ4n) is 5.23. The third-order valence-electron chi connectivity index (χ3n) is 6.94. The van der Waals surface area contributed by atoms with Crippen LogP contribution in [0.1, 0.15) is 18.4 Å². The van der Waals surface area contributed by atoms with Gasteiger partial charge in [-0.3, -0.25) is 0 Å². The van der Waals surface area contributed by atoms with Gasteiger partial charge in [0, 0.05) is 55.1 Å². The number of piperidine rings is 1. The lowest BCUT2D eigenvalue weighted by Crippen LogP contribution is -2.36. The van der Waals surface area contributed by atoms with Gasteiger partial charge in [-0.1, -0.05) is 0 Å². The van der Waals surface area contributed by atoms with Crippen molar-refractivity contribution in [2.45, 2.75) is 31.1 Å². The van der Waals surface area contributed by atoms with Crippen LogP contribution in [0.4, 0.5) is 24.9 Å². The van der Waals surface area contributed by atoms with Gasteiger partial charge in [0.25, 0.3) is 0 Å². The molecule has 2 saturated heterocycles. The summed E-state index contributed by atoms with van der Waals surface area (Å²) in [7, 11) is 0. The van der Waals surface area contributed by atoms with E-state index in [1.165, 1.54) is 0 Å². The van der Waals surface area contributed by atoms with Gasteiger partial charge in [-0.05, 0) is 30.9 Å². The number of fused-ring (bicyclic) bond motifs is 3. The van der Waals surface area contributed by atoms with Crippen molar-refractivity contribution in [2.24, 2.45) is 5.92 Å². The maximum absolute atomic E-state index is 13.9. The first-order valence-corrected chi connectivity index (χ1v) is 11.2. The number of anilines is 2. The van der Waals surface area contributed by atoms with Crippen LogP contribution in [-0.2, 0) is 10.9 Å². The average Bonchev–Trinajstić information content (AvgIpc) is 3.53. The summed E-state index contributed by atoms with van der Waals surface area (Å²) in [6.45, 7) is 3.61. The standard InChI is InChI=1S/C22H24F3N7O/c23-22(24,25)15-11-28-21(30-18-12-1-3-16(18)26-9-12)31-19(15)14-10-27-20-13(14)2-4-17(29-20)32-5-7-33-8-6-32/h2,4,10-12,16,18,26H,1,3,5-9H2,(H,27,29)(H,28,30,31)/t12?,16-,18?/m1/s1. The van der Waals surface area contributed by atoms with Crippen LogP contribution >= 0.6 is 0 Å². The topological polar surface area (TPSA) is 91.0 Å². The molecule has 2 unspecified atom stereocenters. The number of rotatable bonds is 4. The summed E-state index contributed by atoms with van der Waals surface area (Å²) >= 11 is 0. The van der Waals surface area contributed by atoms with Crippen molar-refractivity contribution in [2.75, 3.05) is 43.1 Å². The van der Waals surface area contributed by atoms with Crippen molar-refractivity contribution in [1.29, 1.82) is 0 Å². The largest absolute Gasteiger partial charge is 0.419 e. The van der Waals surface area contributed by atoms with Crippen LogP contribution in [0.15, 0.2) is 24.5 Å². The Hall–Kier alpha value is -2.92. The number of nitrogens with zero attached hydrogens (tertiary/aromatic N) is 4. The van der Waals surface area contributed by atoms with Crippen LogP contribution in [0.2, 0.25) is 0 Å². The number of aromatic nitrogens is 4. The van der Waals surface area contributed by atoms with Crippen LogP contribution in [0.25, 0.3) is 22.3 Å². The smallest absolute Gasteiger partial charge is 0.378 e. The molecular weight excluding hydrogens is 435 g/mol. The van der Waals surface area contributed by atoms with Crippen molar-refractivity contribution in [1.82, 2.24) is 25.3 Å². The van der Waals surface area contributed by atoms with Crippen LogP contribution in [0.3, 0.4) is 0 Å². The van der Waals surface area contributed by atoms with Gasteiger partial charge >= 0.3 is 6.18 Å². The normalized spacial score (nSPS) is 25.2. The molecule has 3 aromatic rings. The molecule has 2 aliphatic heterocycles. The Balaban J connectivity index is 1.38. The molecule has 2 bridgehead atoms. The lowest BCUT2D eigenvalue weighted by atomic mass is 10.1. The van der Waals surface area contributed by atoms with Crippen LogP contribution in [0, 0.1) is 5.92 Å². The molecule has 3 aliphatic rings. The average molecular weight is 459 g/mol. The number of nitrogens with one attached hydrogen (secondary N) is 3. The summed E-state index contributed by atoms with van der Waals surface area (Å²) in [5, 5.41) is 7.31. The van der Waals surface area contributed by atoms with E-state index in [0.717, 1.165) is 44.5 Å². The molecule has 0 spiro atoms. The second kappa shape index (κ2) is 7.84. The number of halogens is 3. The molecule has 1 saturated carbocycles. The molecular formula is C22H24F3N7O. The first kappa shape index (κ1) is 20.7. The summed E-state index contributed by atoms with van der Waals surface area (Å²) < 4.78 is 47.0. The number of ether oxygens (including phenoxy) is 1. The summed E-state index contributed by atoms with van der Waals surface area (Å²) in [5.41, 5.74) is -0.131. The molecule has 33 heavy (non-hydrogen) atoms. The highest BCUT2D eigenvalue weighted by Gasteiger charge is 2.42. The second-order valence-corrected chi connectivity index (χ2v) is 8.84. The monoisotopic (exact) mass is 459 g/mol. The lowest BCUT2D eigenvalue weighted by molar-refractivity contribution is -0.137. The van der Waals surface area contributed by atoms with Crippen LogP contribution in [-0.4, -0.2) is 64.9 Å². The Labute approximate surface area is 188 Å². The Morgan fingerprint density at radius 2 is 1.97 bits per heavy atom. The van der Waals surface area contributed by atoms with Gasteiger partial charge in [0.15, 0.2) is 0 Å². The van der Waals surface area contributed by atoms with Gasteiger partial charge in [0.1, 0.15) is 17.0 Å². The number of pyridine rings is 1. The first-order chi connectivity index (χ1) is 16.0. The Bertz CT molecular complexity index is 1150. The summed E-state index contributed by atoms with van der Waals surface area (Å²) in [6.07, 6.45) is -0.00332. The van der Waals surface area contributed by atoms with Gasteiger partial charge in [-0.15, -0.1) is 0 Å². The van der Waals surface area contributed by atoms with E-state index < -0.39 is 11.7 Å². The molecule has 0 amide bonds. The van der Waals surface area contributed by atoms with Crippen molar-refractivity contribution in [3.63, 3.8) is 0 Å². The SMILES string of the molecule is FC(F)(F)c1cnc(NC2C3CC[C@H]2NC3)nc1-c1c[nH]c2nc(N3CCOCC3)ccc12. The molecule has 0 aromatic carbocycles. The molecule has 1 aliphatic carbocycles. The number of morpholine rings is 1. The highest BCUT2D eigenvalue weighted by atomic mass is 19.4. The van der Waals surface area contributed by atoms with Gasteiger partial charge in [-0.25, -0.2) is 15.0 Å². The number of alkyl halides is 3. The number of aromatic amines is 1. The minimum Gasteiger partial charge on any atom is -0.378 e. The van der Waals surface area contributed by atoms with E-state index in [2.05, 4.69) is 35.5 Å². The zero-order valence-corrected chi connectivity index (χ0v) is 17.8. The molecule has 3 aromatic heterocycles. The maximum Gasteiger partial charge on any atom is 0.419 e. The minimum atomic E-state index is -4.58. The fourth-order valence-corrected chi connectivity index (χ4v) is 5.23. The fraction of sp³-hybridized carbons (Fsp3) is 0.500. The highest BCUT2D eigenvalue weighted by Crippen LogP contribution is 2.39. The predicted octanol–water partition coefficient (Wildman–Crippen LogP) is 3.04. The quantitative estimate of drug-likeness (QED) is 0.553. The molecule has 8 nitrogen and oxygen atoms in total. The molecule has 5 heterocycles. The van der Waals surface area contributed by atoms with Gasteiger partial charge in [0.05, 0.1) is 18.9 Å². The Morgan fingerprint density at radius 3 is 2.67 bits per heavy atom. The summed E-state index contributed by atoms with van der Waals surface area (Å²) in [6, 6.07) is 4.08. The van der Waals surface area contributed by atoms with Gasteiger partial charge in [-0.2, -0.15) is 13.2 Å². The van der Waals surface area contributed by atoms with Gasteiger partial charge in [0.2, 0.25) is 5.95 Å². The summed E-state index contributed by atoms with van der Waals surface area (Å²) in [5.74, 6) is 1.43. The highest BCUT2D eigenvalue weighted by molar-refractivity contribution is 5.94.